The molecule has 0 radical (unpaired) electrons. The van der Waals surface area contributed by atoms with Crippen LogP contribution in [0.4, 0.5) is 0 Å². The van der Waals surface area contributed by atoms with Crippen LogP contribution in [0.15, 0.2) is 218 Å². The molecule has 11 aromatic carbocycles. The number of rotatable bonds is 4. The highest BCUT2D eigenvalue weighted by Gasteiger charge is 2.19. The first kappa shape index (κ1) is 33.1. The number of fused-ring (bicyclic) bond motifs is 13. The molecule has 2 heteroatoms. The molecule has 0 unspecified atom stereocenters. The van der Waals surface area contributed by atoms with Crippen molar-refractivity contribution < 1.29 is 0 Å². The molecule has 0 amide bonds. The van der Waals surface area contributed by atoms with E-state index in [2.05, 4.69) is 228 Å². The summed E-state index contributed by atoms with van der Waals surface area (Å²) < 4.78 is 4.85. The molecule has 0 N–H and O–H groups in total. The SMILES string of the molecule is c1ccc(-n2c3ccccc3c3cc(-c4ccc5c(c4)c4ccccc4n5-c4ccc(-c5ccc6c7ccccc7c7ccccc7c6c5)c5ccccc45)ccc32)cc1. The zero-order valence-corrected chi connectivity index (χ0v) is 32.7. The van der Waals surface area contributed by atoms with Gasteiger partial charge in [0.1, 0.15) is 0 Å². The van der Waals surface area contributed by atoms with Gasteiger partial charge in [-0.15, -0.1) is 0 Å². The average Bonchev–Trinajstić information content (AvgIpc) is 3.83. The van der Waals surface area contributed by atoms with Crippen LogP contribution in [-0.4, -0.2) is 9.13 Å². The van der Waals surface area contributed by atoms with Crippen LogP contribution in [0.2, 0.25) is 0 Å². The van der Waals surface area contributed by atoms with Crippen molar-refractivity contribution in [3.8, 4) is 33.6 Å². The lowest BCUT2D eigenvalue weighted by Gasteiger charge is -2.16. The van der Waals surface area contributed by atoms with Crippen LogP contribution in [0.3, 0.4) is 0 Å². The summed E-state index contributed by atoms with van der Waals surface area (Å²) in [7, 11) is 0. The van der Waals surface area contributed by atoms with E-state index in [-0.39, 0.29) is 0 Å². The van der Waals surface area contributed by atoms with Gasteiger partial charge in [-0.25, -0.2) is 0 Å². The van der Waals surface area contributed by atoms with Crippen molar-refractivity contribution in [3.05, 3.63) is 218 Å². The molecule has 278 valence electrons. The molecule has 60 heavy (non-hydrogen) atoms. The fourth-order valence-electron chi connectivity index (χ4n) is 10.2. The predicted molar refractivity (Wildman–Crippen MR) is 256 cm³/mol. The van der Waals surface area contributed by atoms with Crippen molar-refractivity contribution in [2.24, 2.45) is 0 Å². The first-order valence-corrected chi connectivity index (χ1v) is 20.8. The summed E-state index contributed by atoms with van der Waals surface area (Å²) in [6, 6.07) is 80.5. The van der Waals surface area contributed by atoms with E-state index in [1.54, 1.807) is 0 Å². The van der Waals surface area contributed by atoms with Gasteiger partial charge in [-0.3, -0.25) is 0 Å². The number of benzene rings is 11. The molecule has 2 nitrogen and oxygen atoms in total. The van der Waals surface area contributed by atoms with Crippen LogP contribution in [0.25, 0.3) is 120 Å². The molecule has 0 saturated heterocycles. The Morgan fingerprint density at radius 1 is 0.217 bits per heavy atom. The largest absolute Gasteiger partial charge is 0.309 e. The van der Waals surface area contributed by atoms with Crippen LogP contribution in [0, 0.1) is 0 Å². The minimum atomic E-state index is 1.17. The number of hydrogen-bond acceptors (Lipinski definition) is 0. The highest BCUT2D eigenvalue weighted by molar-refractivity contribution is 6.26. The zero-order chi connectivity index (χ0) is 39.3. The van der Waals surface area contributed by atoms with Crippen LogP contribution >= 0.6 is 0 Å². The minimum absolute atomic E-state index is 1.17. The highest BCUT2D eigenvalue weighted by Crippen LogP contribution is 2.42. The molecule has 0 fully saturated rings. The molecule has 0 atom stereocenters. The average molecular weight is 761 g/mol. The number of para-hydroxylation sites is 3. The van der Waals surface area contributed by atoms with Crippen molar-refractivity contribution >= 4 is 86.7 Å². The lowest BCUT2D eigenvalue weighted by atomic mass is 9.90. The standard InChI is InChI=1S/C58H36N2/c1-2-14-40(15-3-1)59-54-24-12-10-22-49(54)52-34-37(27-31-57(52)59)38-28-32-58-53(35-38)50-23-11-13-25-55(50)60(58)56-33-30-41(42-16-8-9-21-48(42)56)39-26-29-47-45-19-5-4-17-43(45)44-18-6-7-20-46(44)51(47)36-39/h1-36H. The third-order valence-corrected chi connectivity index (χ3v) is 12.9. The number of nitrogens with zero attached hydrogens (tertiary/aromatic N) is 2. The third-order valence-electron chi connectivity index (χ3n) is 12.9. The predicted octanol–water partition coefficient (Wildman–Crippen LogP) is 15.8. The molecule has 0 aliphatic heterocycles. The molecule has 0 saturated carbocycles. The van der Waals surface area contributed by atoms with E-state index in [1.165, 1.54) is 120 Å². The van der Waals surface area contributed by atoms with Gasteiger partial charge in [0.25, 0.3) is 0 Å². The summed E-state index contributed by atoms with van der Waals surface area (Å²) in [5.41, 5.74) is 12.1. The Labute approximate surface area is 346 Å². The van der Waals surface area contributed by atoms with Gasteiger partial charge in [0.05, 0.1) is 27.8 Å². The van der Waals surface area contributed by atoms with Crippen LogP contribution in [0.1, 0.15) is 0 Å². The van der Waals surface area contributed by atoms with Gasteiger partial charge in [0.15, 0.2) is 0 Å². The Bertz CT molecular complexity index is 3850. The summed E-state index contributed by atoms with van der Waals surface area (Å²) in [4.78, 5) is 0. The molecule has 0 bridgehead atoms. The maximum atomic E-state index is 2.47. The topological polar surface area (TPSA) is 9.86 Å². The van der Waals surface area contributed by atoms with E-state index in [1.807, 2.05) is 0 Å². The van der Waals surface area contributed by atoms with Crippen molar-refractivity contribution in [1.29, 1.82) is 0 Å². The van der Waals surface area contributed by atoms with E-state index < -0.39 is 0 Å². The Hall–Kier alpha value is -7.94. The molecule has 2 aromatic heterocycles. The van der Waals surface area contributed by atoms with E-state index >= 15 is 0 Å². The maximum Gasteiger partial charge on any atom is 0.0541 e. The van der Waals surface area contributed by atoms with Crippen molar-refractivity contribution in [2.75, 3.05) is 0 Å². The summed E-state index contributed by atoms with van der Waals surface area (Å²) in [5, 5.41) is 15.2. The van der Waals surface area contributed by atoms with E-state index in [0.717, 1.165) is 0 Å². The lowest BCUT2D eigenvalue weighted by Crippen LogP contribution is -1.96. The smallest absolute Gasteiger partial charge is 0.0541 e. The van der Waals surface area contributed by atoms with E-state index in [0.29, 0.717) is 0 Å². The molecule has 0 spiro atoms. The zero-order valence-electron chi connectivity index (χ0n) is 32.7. The Kier molecular flexibility index (Phi) is 7.05. The second kappa shape index (κ2) is 12.8. The van der Waals surface area contributed by atoms with E-state index in [9.17, 15) is 0 Å². The first-order chi connectivity index (χ1) is 29.8. The fraction of sp³-hybridized carbons (Fsp3) is 0. The van der Waals surface area contributed by atoms with Gasteiger partial charge < -0.3 is 9.13 Å². The quantitative estimate of drug-likeness (QED) is 0.158. The van der Waals surface area contributed by atoms with Gasteiger partial charge in [-0.05, 0) is 121 Å². The van der Waals surface area contributed by atoms with Crippen molar-refractivity contribution in [2.45, 2.75) is 0 Å². The second-order valence-electron chi connectivity index (χ2n) is 16.0. The van der Waals surface area contributed by atoms with Gasteiger partial charge in [-0.1, -0.05) is 158 Å². The molecular formula is C58H36N2. The lowest BCUT2D eigenvalue weighted by molar-refractivity contribution is 1.18. The highest BCUT2D eigenvalue weighted by atomic mass is 15.0. The molecule has 13 aromatic rings. The van der Waals surface area contributed by atoms with Crippen molar-refractivity contribution in [3.63, 3.8) is 0 Å². The summed E-state index contributed by atoms with van der Waals surface area (Å²) in [5.74, 6) is 0. The van der Waals surface area contributed by atoms with Crippen molar-refractivity contribution in [1.82, 2.24) is 9.13 Å². The van der Waals surface area contributed by atoms with Gasteiger partial charge in [0, 0.05) is 32.6 Å². The molecular weight excluding hydrogens is 725 g/mol. The Morgan fingerprint density at radius 3 is 1.25 bits per heavy atom. The summed E-state index contributed by atoms with van der Waals surface area (Å²) in [6.07, 6.45) is 0. The summed E-state index contributed by atoms with van der Waals surface area (Å²) in [6.45, 7) is 0. The molecule has 0 aliphatic carbocycles. The molecule has 13 rings (SSSR count). The molecule has 2 heterocycles. The normalized spacial score (nSPS) is 12.0. The second-order valence-corrected chi connectivity index (χ2v) is 16.0. The first-order valence-electron chi connectivity index (χ1n) is 20.8. The van der Waals surface area contributed by atoms with Gasteiger partial charge in [0.2, 0.25) is 0 Å². The Balaban J connectivity index is 0.980. The monoisotopic (exact) mass is 760 g/mol. The van der Waals surface area contributed by atoms with Gasteiger partial charge in [-0.2, -0.15) is 0 Å². The number of hydrogen-bond donors (Lipinski definition) is 0. The Morgan fingerprint density at radius 2 is 0.633 bits per heavy atom. The number of aromatic nitrogens is 2. The van der Waals surface area contributed by atoms with Crippen LogP contribution < -0.4 is 0 Å². The van der Waals surface area contributed by atoms with E-state index in [4.69, 9.17) is 0 Å². The summed E-state index contributed by atoms with van der Waals surface area (Å²) >= 11 is 0. The fourth-order valence-corrected chi connectivity index (χ4v) is 10.2. The minimum Gasteiger partial charge on any atom is -0.309 e. The maximum absolute atomic E-state index is 2.47. The van der Waals surface area contributed by atoms with Gasteiger partial charge >= 0.3 is 0 Å². The third kappa shape index (κ3) is 4.76. The van der Waals surface area contributed by atoms with Crippen LogP contribution in [0.5, 0.6) is 0 Å². The molecule has 0 aliphatic rings. The van der Waals surface area contributed by atoms with Crippen LogP contribution in [-0.2, 0) is 0 Å².